The Bertz CT molecular complexity index is 348. The molecule has 0 saturated carbocycles. The van der Waals surface area contributed by atoms with E-state index >= 15 is 0 Å². The quantitative estimate of drug-likeness (QED) is 0.867. The van der Waals surface area contributed by atoms with Crippen molar-refractivity contribution in [3.05, 3.63) is 18.2 Å². The average molecular weight is 236 g/mol. The minimum atomic E-state index is 0.328. The Balaban J connectivity index is 2.02. The largest absolute Gasteiger partial charge is 0.331 e. The minimum absolute atomic E-state index is 0.328. The molecule has 1 fully saturated rings. The molecule has 1 saturated heterocycles. The molecule has 1 aromatic heterocycles. The van der Waals surface area contributed by atoms with Gasteiger partial charge in [0.1, 0.15) is 0 Å². The first-order chi connectivity index (χ1) is 8.06. The van der Waals surface area contributed by atoms with Crippen molar-refractivity contribution in [2.75, 3.05) is 13.1 Å². The molecule has 1 aromatic rings. The fraction of sp³-hybridized carbons (Fsp3) is 0.769. The SMILES string of the molecule is CC1CC(N)CN(Cc2cncn2C(C)C)C1. The van der Waals surface area contributed by atoms with E-state index in [1.165, 1.54) is 5.69 Å². The van der Waals surface area contributed by atoms with Crippen LogP contribution in [0.2, 0.25) is 0 Å². The zero-order valence-corrected chi connectivity index (χ0v) is 11.1. The average Bonchev–Trinajstić information content (AvgIpc) is 2.63. The van der Waals surface area contributed by atoms with Crippen molar-refractivity contribution >= 4 is 0 Å². The van der Waals surface area contributed by atoms with E-state index in [-0.39, 0.29) is 0 Å². The van der Waals surface area contributed by atoms with Crippen LogP contribution in [0.3, 0.4) is 0 Å². The monoisotopic (exact) mass is 236 g/mol. The molecule has 0 aromatic carbocycles. The van der Waals surface area contributed by atoms with Crippen LogP contribution in [0.5, 0.6) is 0 Å². The summed E-state index contributed by atoms with van der Waals surface area (Å²) >= 11 is 0. The van der Waals surface area contributed by atoms with Crippen LogP contribution in [0.4, 0.5) is 0 Å². The molecule has 2 atom stereocenters. The van der Waals surface area contributed by atoms with E-state index in [1.807, 2.05) is 12.5 Å². The Morgan fingerprint density at radius 2 is 2.24 bits per heavy atom. The van der Waals surface area contributed by atoms with E-state index in [2.05, 4.69) is 35.2 Å². The number of rotatable bonds is 3. The number of piperidine rings is 1. The predicted octanol–water partition coefficient (Wildman–Crippen LogP) is 1.63. The number of aromatic nitrogens is 2. The van der Waals surface area contributed by atoms with Gasteiger partial charge >= 0.3 is 0 Å². The van der Waals surface area contributed by atoms with Crippen molar-refractivity contribution in [2.45, 2.75) is 45.8 Å². The van der Waals surface area contributed by atoms with Gasteiger partial charge in [0, 0.05) is 37.9 Å². The third-order valence-electron chi connectivity index (χ3n) is 3.46. The van der Waals surface area contributed by atoms with E-state index in [9.17, 15) is 0 Å². The molecule has 0 radical (unpaired) electrons. The van der Waals surface area contributed by atoms with Gasteiger partial charge in [0.2, 0.25) is 0 Å². The van der Waals surface area contributed by atoms with Crippen LogP contribution in [0.1, 0.15) is 38.9 Å². The molecular formula is C13H24N4. The summed E-state index contributed by atoms with van der Waals surface area (Å²) in [5.74, 6) is 0.703. The highest BCUT2D eigenvalue weighted by Gasteiger charge is 2.22. The van der Waals surface area contributed by atoms with Crippen LogP contribution < -0.4 is 5.73 Å². The standard InChI is InChI=1S/C13H24N4/c1-10(2)17-9-15-5-13(17)8-16-6-11(3)4-12(14)7-16/h5,9-12H,4,6-8,14H2,1-3H3. The van der Waals surface area contributed by atoms with Gasteiger partial charge in [0.05, 0.1) is 12.0 Å². The summed E-state index contributed by atoms with van der Waals surface area (Å²) in [5.41, 5.74) is 7.37. The summed E-state index contributed by atoms with van der Waals surface area (Å²) in [5, 5.41) is 0. The molecule has 4 nitrogen and oxygen atoms in total. The second-order valence-electron chi connectivity index (χ2n) is 5.68. The Morgan fingerprint density at radius 1 is 1.47 bits per heavy atom. The Labute approximate surface area is 104 Å². The van der Waals surface area contributed by atoms with E-state index in [0.29, 0.717) is 18.0 Å². The molecule has 0 spiro atoms. The summed E-state index contributed by atoms with van der Waals surface area (Å²) in [7, 11) is 0. The highest BCUT2D eigenvalue weighted by molar-refractivity contribution is 5.00. The molecule has 1 aliphatic rings. The van der Waals surface area contributed by atoms with Crippen molar-refractivity contribution < 1.29 is 0 Å². The molecule has 4 heteroatoms. The van der Waals surface area contributed by atoms with Gasteiger partial charge in [-0.15, -0.1) is 0 Å². The van der Waals surface area contributed by atoms with Gasteiger partial charge in [-0.1, -0.05) is 6.92 Å². The molecule has 0 bridgehead atoms. The van der Waals surface area contributed by atoms with Crippen LogP contribution in [-0.4, -0.2) is 33.6 Å². The first-order valence-corrected chi connectivity index (χ1v) is 6.55. The zero-order chi connectivity index (χ0) is 12.4. The van der Waals surface area contributed by atoms with Gasteiger partial charge < -0.3 is 10.3 Å². The van der Waals surface area contributed by atoms with Gasteiger partial charge in [-0.2, -0.15) is 0 Å². The van der Waals surface area contributed by atoms with E-state index in [1.54, 1.807) is 0 Å². The van der Waals surface area contributed by atoms with Crippen LogP contribution >= 0.6 is 0 Å². The number of nitrogens with zero attached hydrogens (tertiary/aromatic N) is 3. The summed E-state index contributed by atoms with van der Waals surface area (Å²) in [6.45, 7) is 9.79. The summed E-state index contributed by atoms with van der Waals surface area (Å²) in [6, 6.07) is 0.803. The Hall–Kier alpha value is -0.870. The first-order valence-electron chi connectivity index (χ1n) is 6.55. The second-order valence-corrected chi connectivity index (χ2v) is 5.68. The van der Waals surface area contributed by atoms with Crippen molar-refractivity contribution in [1.29, 1.82) is 0 Å². The number of imidazole rings is 1. The van der Waals surface area contributed by atoms with Crippen LogP contribution in [0.25, 0.3) is 0 Å². The zero-order valence-electron chi connectivity index (χ0n) is 11.1. The lowest BCUT2D eigenvalue weighted by molar-refractivity contribution is 0.154. The Morgan fingerprint density at radius 3 is 2.88 bits per heavy atom. The van der Waals surface area contributed by atoms with Gasteiger partial charge in [-0.3, -0.25) is 4.90 Å². The minimum Gasteiger partial charge on any atom is -0.331 e. The van der Waals surface area contributed by atoms with Crippen LogP contribution in [0.15, 0.2) is 12.5 Å². The highest BCUT2D eigenvalue weighted by Crippen LogP contribution is 2.18. The van der Waals surface area contributed by atoms with Crippen molar-refractivity contribution in [2.24, 2.45) is 11.7 Å². The maximum absolute atomic E-state index is 6.08. The molecule has 2 N–H and O–H groups in total. The van der Waals surface area contributed by atoms with Gasteiger partial charge in [0.15, 0.2) is 0 Å². The van der Waals surface area contributed by atoms with E-state index in [4.69, 9.17) is 5.73 Å². The third kappa shape index (κ3) is 3.07. The smallest absolute Gasteiger partial charge is 0.0951 e. The topological polar surface area (TPSA) is 47.1 Å². The maximum atomic E-state index is 6.08. The van der Waals surface area contributed by atoms with Crippen molar-refractivity contribution in [3.63, 3.8) is 0 Å². The molecule has 2 rings (SSSR count). The van der Waals surface area contributed by atoms with Crippen molar-refractivity contribution in [3.8, 4) is 0 Å². The normalized spacial score (nSPS) is 26.6. The molecule has 2 unspecified atom stereocenters. The molecule has 17 heavy (non-hydrogen) atoms. The number of hydrogen-bond acceptors (Lipinski definition) is 3. The maximum Gasteiger partial charge on any atom is 0.0951 e. The van der Waals surface area contributed by atoms with Crippen molar-refractivity contribution in [1.82, 2.24) is 14.5 Å². The second kappa shape index (κ2) is 5.19. The molecule has 96 valence electrons. The summed E-state index contributed by atoms with van der Waals surface area (Å²) in [6.07, 6.45) is 5.05. The van der Waals surface area contributed by atoms with Gasteiger partial charge in [0.25, 0.3) is 0 Å². The third-order valence-corrected chi connectivity index (χ3v) is 3.46. The summed E-state index contributed by atoms with van der Waals surface area (Å²) < 4.78 is 2.24. The molecule has 1 aliphatic heterocycles. The van der Waals surface area contributed by atoms with Gasteiger partial charge in [-0.05, 0) is 26.2 Å². The molecule has 0 amide bonds. The lowest BCUT2D eigenvalue weighted by atomic mass is 9.96. The fourth-order valence-corrected chi connectivity index (χ4v) is 2.79. The van der Waals surface area contributed by atoms with Crippen LogP contribution in [-0.2, 0) is 6.54 Å². The predicted molar refractivity (Wildman–Crippen MR) is 69.6 cm³/mol. The van der Waals surface area contributed by atoms with Gasteiger partial charge in [-0.25, -0.2) is 4.98 Å². The number of likely N-dealkylation sites (tertiary alicyclic amines) is 1. The van der Waals surface area contributed by atoms with E-state index < -0.39 is 0 Å². The lowest BCUT2D eigenvalue weighted by Crippen LogP contribution is -2.46. The fourth-order valence-electron chi connectivity index (χ4n) is 2.79. The summed E-state index contributed by atoms with van der Waals surface area (Å²) in [4.78, 5) is 6.71. The number of nitrogens with two attached hydrogens (primary N) is 1. The molecular weight excluding hydrogens is 212 g/mol. The molecule has 0 aliphatic carbocycles. The number of hydrogen-bond donors (Lipinski definition) is 1. The lowest BCUT2D eigenvalue weighted by Gasteiger charge is -2.34. The van der Waals surface area contributed by atoms with E-state index in [0.717, 1.165) is 26.1 Å². The first kappa shape index (κ1) is 12.6. The Kier molecular flexibility index (Phi) is 3.84. The van der Waals surface area contributed by atoms with Crippen LogP contribution in [0, 0.1) is 5.92 Å². The highest BCUT2D eigenvalue weighted by atomic mass is 15.2. The molecule has 2 heterocycles.